The van der Waals surface area contributed by atoms with Crippen LogP contribution in [-0.2, 0) is 11.2 Å². The zero-order chi connectivity index (χ0) is 20.4. The Morgan fingerprint density at radius 3 is 2.69 bits per heavy atom. The molecule has 0 bridgehead atoms. The minimum Gasteiger partial charge on any atom is -0.325 e. The van der Waals surface area contributed by atoms with E-state index in [1.165, 1.54) is 11.8 Å². The molecular formula is C21H22ClN5OS. The molecule has 0 unspecified atom stereocenters. The van der Waals surface area contributed by atoms with Crippen molar-refractivity contribution in [3.8, 4) is 0 Å². The number of nitrogens with one attached hydrogen (secondary N) is 2. The molecule has 2 heterocycles. The normalized spacial score (nSPS) is 18.0. The number of hydrogen-bond donors (Lipinski definition) is 2. The number of rotatable bonds is 5. The van der Waals surface area contributed by atoms with Gasteiger partial charge in [-0.05, 0) is 42.7 Å². The number of para-hydroxylation sites is 1. The van der Waals surface area contributed by atoms with Crippen LogP contribution in [0.15, 0.2) is 53.7 Å². The fraction of sp³-hybridized carbons (Fsp3) is 0.286. The summed E-state index contributed by atoms with van der Waals surface area (Å²) in [7, 11) is 0. The summed E-state index contributed by atoms with van der Waals surface area (Å²) in [6, 6.07) is 15.1. The van der Waals surface area contributed by atoms with E-state index in [9.17, 15) is 4.79 Å². The highest BCUT2D eigenvalue weighted by atomic mass is 35.5. The molecule has 6 nitrogen and oxygen atoms in total. The zero-order valence-corrected chi connectivity index (χ0v) is 17.8. The number of thioether (sulfide) groups is 1. The first-order valence-electron chi connectivity index (χ1n) is 9.56. The van der Waals surface area contributed by atoms with Crippen LogP contribution in [0.1, 0.15) is 36.3 Å². The molecule has 0 fully saturated rings. The van der Waals surface area contributed by atoms with E-state index in [4.69, 9.17) is 11.6 Å². The highest BCUT2D eigenvalue weighted by Gasteiger charge is 2.37. The van der Waals surface area contributed by atoms with Crippen LogP contribution < -0.4 is 10.7 Å². The molecule has 3 aromatic rings. The first-order chi connectivity index (χ1) is 14.1. The van der Waals surface area contributed by atoms with Crippen LogP contribution in [0.25, 0.3) is 0 Å². The Kier molecular flexibility index (Phi) is 5.78. The molecule has 4 rings (SSSR count). The van der Waals surface area contributed by atoms with Crippen LogP contribution >= 0.6 is 23.4 Å². The number of benzene rings is 2. The topological polar surface area (TPSA) is 71.8 Å². The van der Waals surface area contributed by atoms with E-state index < -0.39 is 5.25 Å². The molecule has 8 heteroatoms. The van der Waals surface area contributed by atoms with Gasteiger partial charge in [-0.15, -0.1) is 10.2 Å². The predicted octanol–water partition coefficient (Wildman–Crippen LogP) is 4.59. The largest absolute Gasteiger partial charge is 0.325 e. The number of aryl methyl sites for hydroxylation is 2. The number of nitrogens with zero attached hydrogens (tertiary/aromatic N) is 3. The standard InChI is InChI=1S/C21H22ClN5OS/c1-3-6-17-24-25-21-27(17)26-18(14-9-11-15(22)12-10-14)19(29-21)20(28)23-16-8-5-4-7-13(16)2/h4-5,7-12,18-19,26H,3,6H2,1-2H3,(H,23,28)/t18-,19-/m0/s1. The van der Waals surface area contributed by atoms with E-state index in [2.05, 4.69) is 27.9 Å². The third-order valence-electron chi connectivity index (χ3n) is 4.87. The molecular weight excluding hydrogens is 406 g/mol. The number of fused-ring (bicyclic) bond motifs is 1. The maximum atomic E-state index is 13.3. The van der Waals surface area contributed by atoms with E-state index in [1.807, 2.05) is 60.1 Å². The van der Waals surface area contributed by atoms with Gasteiger partial charge in [0.15, 0.2) is 5.82 Å². The average Bonchev–Trinajstić information content (AvgIpc) is 3.11. The Morgan fingerprint density at radius 1 is 1.21 bits per heavy atom. The van der Waals surface area contributed by atoms with Crippen LogP contribution in [0, 0.1) is 6.92 Å². The summed E-state index contributed by atoms with van der Waals surface area (Å²) in [4.78, 5) is 13.3. The van der Waals surface area contributed by atoms with Crippen molar-refractivity contribution in [1.29, 1.82) is 0 Å². The maximum Gasteiger partial charge on any atom is 0.240 e. The number of aromatic nitrogens is 3. The minimum absolute atomic E-state index is 0.0805. The molecule has 0 aliphatic carbocycles. The van der Waals surface area contributed by atoms with Crippen molar-refractivity contribution in [3.05, 3.63) is 70.5 Å². The van der Waals surface area contributed by atoms with E-state index >= 15 is 0 Å². The van der Waals surface area contributed by atoms with Crippen LogP contribution in [0.2, 0.25) is 5.02 Å². The highest BCUT2D eigenvalue weighted by molar-refractivity contribution is 8.00. The molecule has 0 saturated carbocycles. The van der Waals surface area contributed by atoms with Crippen molar-refractivity contribution in [2.75, 3.05) is 10.7 Å². The summed E-state index contributed by atoms with van der Waals surface area (Å²) < 4.78 is 1.91. The molecule has 1 aliphatic heterocycles. The number of amides is 1. The van der Waals surface area contributed by atoms with Gasteiger partial charge < -0.3 is 10.7 Å². The van der Waals surface area contributed by atoms with Crippen molar-refractivity contribution in [2.45, 2.75) is 43.1 Å². The zero-order valence-electron chi connectivity index (χ0n) is 16.2. The third-order valence-corrected chi connectivity index (χ3v) is 6.33. The smallest absolute Gasteiger partial charge is 0.240 e. The molecule has 0 radical (unpaired) electrons. The van der Waals surface area contributed by atoms with Gasteiger partial charge in [-0.3, -0.25) is 4.79 Å². The number of hydrogen-bond acceptors (Lipinski definition) is 5. The lowest BCUT2D eigenvalue weighted by Crippen LogP contribution is -2.41. The van der Waals surface area contributed by atoms with Gasteiger partial charge in [0.25, 0.3) is 0 Å². The second-order valence-electron chi connectivity index (χ2n) is 6.99. The van der Waals surface area contributed by atoms with Gasteiger partial charge in [-0.1, -0.05) is 60.6 Å². The third kappa shape index (κ3) is 4.11. The van der Waals surface area contributed by atoms with Gasteiger partial charge >= 0.3 is 0 Å². The quantitative estimate of drug-likeness (QED) is 0.623. The maximum absolute atomic E-state index is 13.3. The molecule has 1 aromatic heterocycles. The molecule has 150 valence electrons. The fourth-order valence-corrected chi connectivity index (χ4v) is 4.55. The van der Waals surface area contributed by atoms with Crippen LogP contribution in [0.5, 0.6) is 0 Å². The van der Waals surface area contributed by atoms with Gasteiger partial charge in [-0.25, -0.2) is 4.68 Å². The van der Waals surface area contributed by atoms with Crippen molar-refractivity contribution >= 4 is 35.0 Å². The average molecular weight is 428 g/mol. The molecule has 2 aromatic carbocycles. The van der Waals surface area contributed by atoms with Crippen molar-refractivity contribution in [1.82, 2.24) is 14.9 Å². The van der Waals surface area contributed by atoms with E-state index in [-0.39, 0.29) is 11.9 Å². The lowest BCUT2D eigenvalue weighted by molar-refractivity contribution is -0.116. The number of anilines is 1. The van der Waals surface area contributed by atoms with Gasteiger partial charge in [-0.2, -0.15) is 0 Å². The monoisotopic (exact) mass is 427 g/mol. The Balaban J connectivity index is 1.67. The van der Waals surface area contributed by atoms with E-state index in [0.717, 1.165) is 35.5 Å². The minimum atomic E-state index is -0.415. The molecule has 0 saturated heterocycles. The summed E-state index contributed by atoms with van der Waals surface area (Å²) >= 11 is 7.50. The van der Waals surface area contributed by atoms with Crippen LogP contribution in [0.3, 0.4) is 0 Å². The van der Waals surface area contributed by atoms with Crippen LogP contribution in [-0.4, -0.2) is 26.0 Å². The van der Waals surface area contributed by atoms with Gasteiger partial charge in [0.05, 0.1) is 6.04 Å². The molecule has 29 heavy (non-hydrogen) atoms. The predicted molar refractivity (Wildman–Crippen MR) is 117 cm³/mol. The number of carbonyl (C=O) groups excluding carboxylic acids is 1. The van der Waals surface area contributed by atoms with Gasteiger partial charge in [0.1, 0.15) is 5.25 Å². The Morgan fingerprint density at radius 2 is 1.97 bits per heavy atom. The Labute approximate surface area is 179 Å². The molecule has 1 aliphatic rings. The lowest BCUT2D eigenvalue weighted by Gasteiger charge is -2.33. The Bertz CT molecular complexity index is 1020. The number of halogens is 1. The van der Waals surface area contributed by atoms with Crippen molar-refractivity contribution in [3.63, 3.8) is 0 Å². The SMILES string of the molecule is CCCc1nnc2n1N[C@@H](c1ccc(Cl)cc1)[C@@H](C(=O)Nc1ccccc1C)S2. The fourth-order valence-electron chi connectivity index (χ4n) is 3.32. The Hall–Kier alpha value is -2.51. The molecule has 2 N–H and O–H groups in total. The summed E-state index contributed by atoms with van der Waals surface area (Å²) in [5.74, 6) is 0.787. The second kappa shape index (κ2) is 8.47. The first-order valence-corrected chi connectivity index (χ1v) is 10.8. The van der Waals surface area contributed by atoms with Crippen LogP contribution in [0.4, 0.5) is 5.69 Å². The van der Waals surface area contributed by atoms with Gasteiger partial charge in [0.2, 0.25) is 11.1 Å². The van der Waals surface area contributed by atoms with Crippen molar-refractivity contribution in [2.24, 2.45) is 0 Å². The van der Waals surface area contributed by atoms with Gasteiger partial charge in [0, 0.05) is 17.1 Å². The second-order valence-corrected chi connectivity index (χ2v) is 8.53. The lowest BCUT2D eigenvalue weighted by atomic mass is 10.0. The van der Waals surface area contributed by atoms with E-state index in [1.54, 1.807) is 0 Å². The first kappa shape index (κ1) is 19.8. The van der Waals surface area contributed by atoms with Crippen molar-refractivity contribution < 1.29 is 4.79 Å². The summed E-state index contributed by atoms with van der Waals surface area (Å²) in [6.07, 6.45) is 1.78. The molecule has 0 spiro atoms. The molecule has 1 amide bonds. The number of carbonyl (C=O) groups is 1. The highest BCUT2D eigenvalue weighted by Crippen LogP contribution is 2.38. The molecule has 2 atom stereocenters. The summed E-state index contributed by atoms with van der Waals surface area (Å²) in [5, 5.41) is 12.6. The summed E-state index contributed by atoms with van der Waals surface area (Å²) in [6.45, 7) is 4.08. The van der Waals surface area contributed by atoms with E-state index in [0.29, 0.717) is 10.2 Å². The summed E-state index contributed by atoms with van der Waals surface area (Å²) in [5.41, 5.74) is 6.28.